The molecular formula is C19H20N2O4. The molecule has 2 aromatic carbocycles. The number of anilines is 1. The van der Waals surface area contributed by atoms with Crippen LogP contribution in [-0.4, -0.2) is 25.5 Å². The van der Waals surface area contributed by atoms with Crippen molar-refractivity contribution in [3.8, 4) is 11.5 Å². The average molecular weight is 340 g/mol. The molecule has 2 aromatic rings. The highest BCUT2D eigenvalue weighted by Gasteiger charge is 2.13. The zero-order valence-corrected chi connectivity index (χ0v) is 14.0. The van der Waals surface area contributed by atoms with Crippen molar-refractivity contribution >= 4 is 17.5 Å². The van der Waals surface area contributed by atoms with Crippen molar-refractivity contribution in [1.82, 2.24) is 5.32 Å². The summed E-state index contributed by atoms with van der Waals surface area (Å²) in [5.74, 6) is -0.104. The number of methoxy groups -OCH3 is 1. The minimum absolute atomic E-state index is 0.234. The summed E-state index contributed by atoms with van der Waals surface area (Å²) in [5, 5.41) is 5.10. The van der Waals surface area contributed by atoms with E-state index in [1.165, 1.54) is 0 Å². The van der Waals surface area contributed by atoms with Crippen molar-refractivity contribution < 1.29 is 19.1 Å². The van der Waals surface area contributed by atoms with E-state index in [2.05, 4.69) is 17.2 Å². The normalized spacial score (nSPS) is 9.80. The molecule has 0 aliphatic rings. The van der Waals surface area contributed by atoms with Crippen LogP contribution >= 0.6 is 0 Å². The van der Waals surface area contributed by atoms with Gasteiger partial charge in [-0.05, 0) is 42.0 Å². The van der Waals surface area contributed by atoms with Crippen LogP contribution in [0, 0.1) is 0 Å². The molecule has 130 valence electrons. The molecule has 2 N–H and O–H groups in total. The number of carbonyl (C=O) groups excluding carboxylic acids is 2. The Morgan fingerprint density at radius 2 is 1.84 bits per heavy atom. The van der Waals surface area contributed by atoms with Crippen LogP contribution in [0.5, 0.6) is 11.5 Å². The van der Waals surface area contributed by atoms with Crippen molar-refractivity contribution in [2.24, 2.45) is 0 Å². The number of ether oxygens (including phenoxy) is 2. The predicted octanol–water partition coefficient (Wildman–Crippen LogP) is 2.51. The second-order valence-corrected chi connectivity index (χ2v) is 5.11. The first-order valence-electron chi connectivity index (χ1n) is 7.68. The number of rotatable bonds is 7. The third-order valence-electron chi connectivity index (χ3n) is 3.27. The summed E-state index contributed by atoms with van der Waals surface area (Å²) in [6.45, 7) is 4.20. The Morgan fingerprint density at radius 3 is 2.52 bits per heavy atom. The molecule has 2 amide bonds. The van der Waals surface area contributed by atoms with Crippen molar-refractivity contribution in [3.63, 3.8) is 0 Å². The van der Waals surface area contributed by atoms with Crippen molar-refractivity contribution in [2.75, 3.05) is 19.0 Å². The second-order valence-electron chi connectivity index (χ2n) is 5.11. The molecule has 0 unspecified atom stereocenters. The van der Waals surface area contributed by atoms with Crippen LogP contribution in [-0.2, 0) is 16.1 Å². The van der Waals surface area contributed by atoms with Crippen LogP contribution in [0.15, 0.2) is 61.2 Å². The van der Waals surface area contributed by atoms with Crippen LogP contribution < -0.4 is 20.1 Å². The lowest BCUT2D eigenvalue weighted by Crippen LogP contribution is -2.34. The monoisotopic (exact) mass is 340 g/mol. The molecule has 6 heteroatoms. The maximum Gasteiger partial charge on any atom is 0.313 e. The molecular weight excluding hydrogens is 320 g/mol. The minimum Gasteiger partial charge on any atom is -0.497 e. The lowest BCUT2D eigenvalue weighted by atomic mass is 10.2. The first-order valence-corrected chi connectivity index (χ1v) is 7.68. The Bertz CT molecular complexity index is 741. The molecule has 0 aliphatic heterocycles. The van der Waals surface area contributed by atoms with Crippen LogP contribution in [0.4, 0.5) is 5.69 Å². The van der Waals surface area contributed by atoms with Crippen LogP contribution in [0.2, 0.25) is 0 Å². The van der Waals surface area contributed by atoms with Gasteiger partial charge < -0.3 is 20.1 Å². The quantitative estimate of drug-likeness (QED) is 0.600. The number of hydrogen-bond acceptors (Lipinski definition) is 4. The van der Waals surface area contributed by atoms with E-state index < -0.39 is 11.8 Å². The molecule has 0 radical (unpaired) electrons. The van der Waals surface area contributed by atoms with Crippen LogP contribution in [0.25, 0.3) is 0 Å². The molecule has 0 saturated carbocycles. The lowest BCUT2D eigenvalue weighted by Gasteiger charge is -2.08. The minimum atomic E-state index is -0.734. The SMILES string of the molecule is C=CCOc1ccc(NC(=O)C(=O)NCc2cccc(OC)c2)cc1. The molecule has 0 heterocycles. The Labute approximate surface area is 146 Å². The summed E-state index contributed by atoms with van der Waals surface area (Å²) in [6, 6.07) is 14.0. The summed E-state index contributed by atoms with van der Waals surface area (Å²) >= 11 is 0. The van der Waals surface area contributed by atoms with Gasteiger partial charge in [-0.3, -0.25) is 9.59 Å². The van der Waals surface area contributed by atoms with Gasteiger partial charge in [-0.1, -0.05) is 24.8 Å². The lowest BCUT2D eigenvalue weighted by molar-refractivity contribution is -0.136. The molecule has 0 spiro atoms. The molecule has 2 rings (SSSR count). The summed E-state index contributed by atoms with van der Waals surface area (Å²) in [7, 11) is 1.57. The highest BCUT2D eigenvalue weighted by molar-refractivity contribution is 6.39. The Hall–Kier alpha value is -3.28. The van der Waals surface area contributed by atoms with E-state index in [0.717, 1.165) is 5.56 Å². The summed E-state index contributed by atoms with van der Waals surface area (Å²) in [5.41, 5.74) is 1.34. The van der Waals surface area contributed by atoms with E-state index in [-0.39, 0.29) is 6.54 Å². The van der Waals surface area contributed by atoms with Crippen molar-refractivity contribution in [2.45, 2.75) is 6.54 Å². The highest BCUT2D eigenvalue weighted by Crippen LogP contribution is 2.15. The number of amides is 2. The smallest absolute Gasteiger partial charge is 0.313 e. The van der Waals surface area contributed by atoms with E-state index in [4.69, 9.17) is 9.47 Å². The van der Waals surface area contributed by atoms with Gasteiger partial charge in [-0.25, -0.2) is 0 Å². The first-order chi connectivity index (χ1) is 12.1. The summed E-state index contributed by atoms with van der Waals surface area (Å²) < 4.78 is 10.5. The van der Waals surface area contributed by atoms with Gasteiger partial charge in [0.25, 0.3) is 0 Å². The maximum absolute atomic E-state index is 11.9. The number of nitrogens with one attached hydrogen (secondary N) is 2. The van der Waals surface area contributed by atoms with E-state index in [9.17, 15) is 9.59 Å². The molecule has 0 atom stereocenters. The topological polar surface area (TPSA) is 76.7 Å². The number of benzene rings is 2. The van der Waals surface area contributed by atoms with Gasteiger partial charge in [0.2, 0.25) is 0 Å². The molecule has 0 aliphatic carbocycles. The van der Waals surface area contributed by atoms with Crippen molar-refractivity contribution in [1.29, 1.82) is 0 Å². The molecule has 0 aromatic heterocycles. The maximum atomic E-state index is 11.9. The first kappa shape index (κ1) is 18.1. The molecule has 25 heavy (non-hydrogen) atoms. The highest BCUT2D eigenvalue weighted by atomic mass is 16.5. The predicted molar refractivity (Wildman–Crippen MR) is 95.6 cm³/mol. The van der Waals surface area contributed by atoms with Gasteiger partial charge in [0.1, 0.15) is 18.1 Å². The van der Waals surface area contributed by atoms with Gasteiger partial charge in [-0.2, -0.15) is 0 Å². The second kappa shape index (κ2) is 9.12. The van der Waals surface area contributed by atoms with Crippen LogP contribution in [0.3, 0.4) is 0 Å². The van der Waals surface area contributed by atoms with E-state index >= 15 is 0 Å². The molecule has 6 nitrogen and oxygen atoms in total. The van der Waals surface area contributed by atoms with Crippen molar-refractivity contribution in [3.05, 3.63) is 66.7 Å². The average Bonchev–Trinajstić information content (AvgIpc) is 2.65. The van der Waals surface area contributed by atoms with Gasteiger partial charge in [0, 0.05) is 12.2 Å². The zero-order chi connectivity index (χ0) is 18.1. The summed E-state index contributed by atoms with van der Waals surface area (Å²) in [6.07, 6.45) is 1.64. The van der Waals surface area contributed by atoms with Gasteiger partial charge in [-0.15, -0.1) is 0 Å². The standard InChI is InChI=1S/C19H20N2O4/c1-3-11-25-16-9-7-15(8-10-16)21-19(23)18(22)20-13-14-5-4-6-17(12-14)24-2/h3-10,12H,1,11,13H2,2H3,(H,20,22)(H,21,23). The van der Waals surface area contributed by atoms with E-state index in [1.807, 2.05) is 12.1 Å². The van der Waals surface area contributed by atoms with E-state index in [0.29, 0.717) is 23.8 Å². The number of hydrogen-bond donors (Lipinski definition) is 2. The Kier molecular flexibility index (Phi) is 6.59. The summed E-state index contributed by atoms with van der Waals surface area (Å²) in [4.78, 5) is 23.8. The van der Waals surface area contributed by atoms with Crippen LogP contribution in [0.1, 0.15) is 5.56 Å². The zero-order valence-electron chi connectivity index (χ0n) is 14.0. The fraction of sp³-hybridized carbons (Fsp3) is 0.158. The van der Waals surface area contributed by atoms with E-state index in [1.54, 1.807) is 49.6 Å². The van der Waals surface area contributed by atoms with Gasteiger partial charge in [0.15, 0.2) is 0 Å². The van der Waals surface area contributed by atoms with Gasteiger partial charge in [0.05, 0.1) is 7.11 Å². The molecule has 0 bridgehead atoms. The number of carbonyl (C=O) groups is 2. The Balaban J connectivity index is 1.85. The molecule has 0 fully saturated rings. The fourth-order valence-corrected chi connectivity index (χ4v) is 2.02. The Morgan fingerprint density at radius 1 is 1.08 bits per heavy atom. The fourth-order valence-electron chi connectivity index (χ4n) is 2.02. The molecule has 0 saturated heterocycles. The third kappa shape index (κ3) is 5.69. The third-order valence-corrected chi connectivity index (χ3v) is 3.27. The largest absolute Gasteiger partial charge is 0.497 e. The van der Waals surface area contributed by atoms with Gasteiger partial charge >= 0.3 is 11.8 Å².